The molecular weight excluding hydrogens is 223 g/mol. The second kappa shape index (κ2) is 5.62. The van der Waals surface area contributed by atoms with Gasteiger partial charge in [-0.25, -0.2) is 0 Å². The third-order valence-electron chi connectivity index (χ3n) is 2.34. The number of alkyl halides is 1. The molecule has 1 rings (SSSR count). The molecule has 0 heterocycles. The SMILES string of the molecule is CC(=O)O[C@H]1CCCC[C@H](Cl)/C1=C/Cl. The van der Waals surface area contributed by atoms with E-state index in [1.165, 1.54) is 12.5 Å². The zero-order chi connectivity index (χ0) is 10.6. The Morgan fingerprint density at radius 2 is 2.14 bits per heavy atom. The normalized spacial score (nSPS) is 31.2. The maximum Gasteiger partial charge on any atom is 0.303 e. The van der Waals surface area contributed by atoms with Crippen molar-refractivity contribution in [1.82, 2.24) is 0 Å². The Morgan fingerprint density at radius 3 is 2.71 bits per heavy atom. The molecule has 2 nitrogen and oxygen atoms in total. The quantitative estimate of drug-likeness (QED) is 0.397. The summed E-state index contributed by atoms with van der Waals surface area (Å²) < 4.78 is 5.17. The molecule has 0 amide bonds. The third kappa shape index (κ3) is 3.18. The van der Waals surface area contributed by atoms with Crippen LogP contribution in [-0.4, -0.2) is 17.5 Å². The zero-order valence-corrected chi connectivity index (χ0v) is 9.64. The fourth-order valence-corrected chi connectivity index (χ4v) is 2.37. The first-order valence-electron chi connectivity index (χ1n) is 4.76. The molecule has 0 radical (unpaired) electrons. The predicted octanol–water partition coefficient (Wildman–Crippen LogP) is 3.22. The van der Waals surface area contributed by atoms with Gasteiger partial charge in [0.25, 0.3) is 0 Å². The fraction of sp³-hybridized carbons (Fsp3) is 0.700. The maximum atomic E-state index is 10.9. The monoisotopic (exact) mass is 236 g/mol. The molecule has 0 unspecified atom stereocenters. The summed E-state index contributed by atoms with van der Waals surface area (Å²) in [6.07, 6.45) is 3.57. The van der Waals surface area contributed by atoms with Crippen LogP contribution in [0.1, 0.15) is 32.6 Å². The highest BCUT2D eigenvalue weighted by Gasteiger charge is 2.26. The van der Waals surface area contributed by atoms with Gasteiger partial charge in [0.15, 0.2) is 0 Å². The Hall–Kier alpha value is -0.210. The summed E-state index contributed by atoms with van der Waals surface area (Å²) in [5, 5.41) is -0.0978. The lowest BCUT2D eigenvalue weighted by atomic mass is 10.1. The van der Waals surface area contributed by atoms with Gasteiger partial charge in [-0.2, -0.15) is 0 Å². The zero-order valence-electron chi connectivity index (χ0n) is 8.13. The Balaban J connectivity index is 2.72. The molecular formula is C10H14Cl2O2. The summed E-state index contributed by atoms with van der Waals surface area (Å²) in [4.78, 5) is 10.9. The summed E-state index contributed by atoms with van der Waals surface area (Å²) in [6, 6.07) is 0. The summed E-state index contributed by atoms with van der Waals surface area (Å²) in [5.74, 6) is -0.281. The van der Waals surface area contributed by atoms with Crippen molar-refractivity contribution >= 4 is 29.2 Å². The largest absolute Gasteiger partial charge is 0.458 e. The Labute approximate surface area is 94.2 Å². The van der Waals surface area contributed by atoms with Gasteiger partial charge in [0.1, 0.15) is 6.10 Å². The van der Waals surface area contributed by atoms with Crippen molar-refractivity contribution < 1.29 is 9.53 Å². The van der Waals surface area contributed by atoms with Crippen molar-refractivity contribution in [2.45, 2.75) is 44.1 Å². The van der Waals surface area contributed by atoms with E-state index in [4.69, 9.17) is 27.9 Å². The van der Waals surface area contributed by atoms with E-state index >= 15 is 0 Å². The van der Waals surface area contributed by atoms with Gasteiger partial charge in [-0.15, -0.1) is 11.6 Å². The fourth-order valence-electron chi connectivity index (χ4n) is 1.65. The van der Waals surface area contributed by atoms with Crippen LogP contribution in [0.5, 0.6) is 0 Å². The van der Waals surface area contributed by atoms with Crippen LogP contribution in [0.2, 0.25) is 0 Å². The minimum atomic E-state index is -0.281. The van der Waals surface area contributed by atoms with Gasteiger partial charge in [-0.3, -0.25) is 4.79 Å². The molecule has 0 aromatic rings. The first kappa shape index (κ1) is 11.9. The van der Waals surface area contributed by atoms with E-state index in [1.54, 1.807) is 0 Å². The second-order valence-electron chi connectivity index (χ2n) is 3.46. The van der Waals surface area contributed by atoms with E-state index < -0.39 is 0 Å². The number of esters is 1. The first-order chi connectivity index (χ1) is 6.65. The summed E-state index contributed by atoms with van der Waals surface area (Å²) in [7, 11) is 0. The minimum absolute atomic E-state index is 0.0978. The van der Waals surface area contributed by atoms with Gasteiger partial charge in [-0.1, -0.05) is 18.0 Å². The molecule has 0 spiro atoms. The number of halogens is 2. The number of carbonyl (C=O) groups is 1. The van der Waals surface area contributed by atoms with Gasteiger partial charge < -0.3 is 4.74 Å². The van der Waals surface area contributed by atoms with Gasteiger partial charge in [-0.05, 0) is 24.8 Å². The number of hydrogen-bond acceptors (Lipinski definition) is 2. The lowest BCUT2D eigenvalue weighted by Crippen LogP contribution is -2.21. The lowest BCUT2D eigenvalue weighted by molar-refractivity contribution is -0.144. The van der Waals surface area contributed by atoms with Crippen molar-refractivity contribution in [3.05, 3.63) is 11.1 Å². The number of hydrogen-bond donors (Lipinski definition) is 0. The topological polar surface area (TPSA) is 26.3 Å². The second-order valence-corrected chi connectivity index (χ2v) is 4.20. The van der Waals surface area contributed by atoms with E-state index in [1.807, 2.05) is 0 Å². The number of ether oxygens (including phenoxy) is 1. The Kier molecular flexibility index (Phi) is 4.76. The Morgan fingerprint density at radius 1 is 1.50 bits per heavy atom. The smallest absolute Gasteiger partial charge is 0.303 e. The predicted molar refractivity (Wildman–Crippen MR) is 57.6 cm³/mol. The molecule has 0 aromatic heterocycles. The number of carbonyl (C=O) groups excluding carboxylic acids is 1. The van der Waals surface area contributed by atoms with Crippen LogP contribution in [-0.2, 0) is 9.53 Å². The first-order valence-corrected chi connectivity index (χ1v) is 5.64. The third-order valence-corrected chi connectivity index (χ3v) is 3.06. The van der Waals surface area contributed by atoms with Crippen LogP contribution in [0.3, 0.4) is 0 Å². The molecule has 2 atom stereocenters. The molecule has 4 heteroatoms. The molecule has 1 fully saturated rings. The molecule has 80 valence electrons. The molecule has 1 saturated carbocycles. The molecule has 14 heavy (non-hydrogen) atoms. The molecule has 1 aliphatic carbocycles. The molecule has 0 N–H and O–H groups in total. The van der Waals surface area contributed by atoms with Gasteiger partial charge >= 0.3 is 5.97 Å². The van der Waals surface area contributed by atoms with E-state index in [9.17, 15) is 4.79 Å². The van der Waals surface area contributed by atoms with Crippen LogP contribution in [0, 0.1) is 0 Å². The van der Waals surface area contributed by atoms with E-state index in [-0.39, 0.29) is 17.5 Å². The molecule has 1 aliphatic rings. The molecule has 0 saturated heterocycles. The van der Waals surface area contributed by atoms with Gasteiger partial charge in [0.2, 0.25) is 0 Å². The summed E-state index contributed by atoms with van der Waals surface area (Å²) >= 11 is 11.8. The van der Waals surface area contributed by atoms with Crippen molar-refractivity contribution in [2.24, 2.45) is 0 Å². The van der Waals surface area contributed by atoms with Crippen LogP contribution >= 0.6 is 23.2 Å². The summed E-state index contributed by atoms with van der Waals surface area (Å²) in [6.45, 7) is 1.40. The van der Waals surface area contributed by atoms with Gasteiger partial charge in [0, 0.05) is 12.5 Å². The summed E-state index contributed by atoms with van der Waals surface area (Å²) in [5.41, 5.74) is 2.29. The lowest BCUT2D eigenvalue weighted by Gasteiger charge is -2.19. The standard InChI is InChI=1S/C10H14Cl2O2/c1-7(13)14-10-5-3-2-4-9(12)8(10)6-11/h6,9-10H,2-5H2,1H3/b8-6-/t9-,10-/m0/s1. The van der Waals surface area contributed by atoms with E-state index in [0.29, 0.717) is 0 Å². The van der Waals surface area contributed by atoms with E-state index in [2.05, 4.69) is 0 Å². The van der Waals surface area contributed by atoms with Crippen molar-refractivity contribution in [2.75, 3.05) is 0 Å². The maximum absolute atomic E-state index is 10.9. The average molecular weight is 237 g/mol. The van der Waals surface area contributed by atoms with Crippen molar-refractivity contribution in [3.8, 4) is 0 Å². The van der Waals surface area contributed by atoms with Crippen molar-refractivity contribution in [3.63, 3.8) is 0 Å². The highest BCUT2D eigenvalue weighted by molar-refractivity contribution is 6.28. The minimum Gasteiger partial charge on any atom is -0.458 e. The highest BCUT2D eigenvalue weighted by atomic mass is 35.5. The highest BCUT2D eigenvalue weighted by Crippen LogP contribution is 2.29. The van der Waals surface area contributed by atoms with Crippen LogP contribution in [0.25, 0.3) is 0 Å². The number of rotatable bonds is 1. The van der Waals surface area contributed by atoms with Crippen molar-refractivity contribution in [1.29, 1.82) is 0 Å². The molecule has 0 bridgehead atoms. The Bertz CT molecular complexity index is 238. The van der Waals surface area contributed by atoms with E-state index in [0.717, 1.165) is 31.3 Å². The molecule has 0 aliphatic heterocycles. The van der Waals surface area contributed by atoms with Crippen LogP contribution in [0.4, 0.5) is 0 Å². The average Bonchev–Trinajstić information content (AvgIpc) is 2.27. The molecule has 0 aromatic carbocycles. The van der Waals surface area contributed by atoms with Crippen LogP contribution in [0.15, 0.2) is 11.1 Å². The van der Waals surface area contributed by atoms with Gasteiger partial charge in [0.05, 0.1) is 5.38 Å². The van der Waals surface area contributed by atoms with Crippen LogP contribution < -0.4 is 0 Å².